The first-order valence-corrected chi connectivity index (χ1v) is 8.21. The minimum Gasteiger partial charge on any atom is -0.271 e. The van der Waals surface area contributed by atoms with Crippen LogP contribution in [0.4, 0.5) is 0 Å². The van der Waals surface area contributed by atoms with Gasteiger partial charge in [0.05, 0.1) is 0 Å². The number of nitrogens with two attached hydrogens (primary N) is 1. The molecule has 112 valence electrons. The van der Waals surface area contributed by atoms with Gasteiger partial charge in [0.1, 0.15) is 0 Å². The molecule has 2 heteroatoms. The van der Waals surface area contributed by atoms with Crippen LogP contribution >= 0.6 is 0 Å². The van der Waals surface area contributed by atoms with Gasteiger partial charge in [0.15, 0.2) is 0 Å². The zero-order valence-electron chi connectivity index (χ0n) is 13.1. The molecule has 1 atom stereocenters. The normalized spacial score (nSPS) is 19.4. The lowest BCUT2D eigenvalue weighted by Gasteiger charge is -2.38. The third-order valence-electron chi connectivity index (χ3n) is 4.99. The van der Waals surface area contributed by atoms with Crippen LogP contribution in [0.2, 0.25) is 0 Å². The van der Waals surface area contributed by atoms with E-state index in [1.807, 2.05) is 0 Å². The van der Waals surface area contributed by atoms with Crippen molar-refractivity contribution in [3.63, 3.8) is 0 Å². The van der Waals surface area contributed by atoms with Crippen molar-refractivity contribution in [2.45, 2.75) is 70.3 Å². The van der Waals surface area contributed by atoms with E-state index in [0.717, 1.165) is 5.92 Å². The highest BCUT2D eigenvalue weighted by atomic mass is 15.2. The van der Waals surface area contributed by atoms with E-state index in [1.165, 1.54) is 50.5 Å². The summed E-state index contributed by atoms with van der Waals surface area (Å²) in [6.07, 6.45) is 8.95. The first kappa shape index (κ1) is 15.5. The maximum Gasteiger partial charge on any atom is 0.0307 e. The molecule has 0 amide bonds. The van der Waals surface area contributed by atoms with Gasteiger partial charge in [0, 0.05) is 11.5 Å². The van der Waals surface area contributed by atoms with E-state index < -0.39 is 0 Å². The largest absolute Gasteiger partial charge is 0.271 e. The first-order valence-electron chi connectivity index (χ1n) is 8.21. The highest BCUT2D eigenvalue weighted by Gasteiger charge is 2.41. The lowest BCUT2D eigenvalue weighted by atomic mass is 9.71. The van der Waals surface area contributed by atoms with Crippen LogP contribution in [0.5, 0.6) is 0 Å². The van der Waals surface area contributed by atoms with Crippen molar-refractivity contribution >= 4 is 0 Å². The quantitative estimate of drug-likeness (QED) is 0.579. The fraction of sp³-hybridized carbons (Fsp3) is 0.667. The molecule has 1 aromatic carbocycles. The van der Waals surface area contributed by atoms with Crippen LogP contribution in [0.15, 0.2) is 30.3 Å². The van der Waals surface area contributed by atoms with E-state index in [-0.39, 0.29) is 5.41 Å². The summed E-state index contributed by atoms with van der Waals surface area (Å²) in [7, 11) is 0. The topological polar surface area (TPSA) is 38.0 Å². The first-order chi connectivity index (χ1) is 9.69. The number of hydrogen-bond acceptors (Lipinski definition) is 2. The van der Waals surface area contributed by atoms with Crippen molar-refractivity contribution in [1.82, 2.24) is 5.43 Å². The lowest BCUT2D eigenvalue weighted by molar-refractivity contribution is 0.274. The van der Waals surface area contributed by atoms with Crippen LogP contribution < -0.4 is 11.3 Å². The molecule has 1 aliphatic rings. The van der Waals surface area contributed by atoms with Gasteiger partial charge < -0.3 is 0 Å². The molecule has 0 saturated heterocycles. The summed E-state index contributed by atoms with van der Waals surface area (Å²) in [5.41, 5.74) is 4.89. The molecular formula is C18H30N2. The number of nitrogens with one attached hydrogen (secondary N) is 1. The van der Waals surface area contributed by atoms with Gasteiger partial charge in [-0.1, -0.05) is 69.9 Å². The second kappa shape index (κ2) is 7.24. The molecule has 0 bridgehead atoms. The highest BCUT2D eigenvalue weighted by molar-refractivity contribution is 5.29. The van der Waals surface area contributed by atoms with Crippen LogP contribution in [-0.2, 0) is 5.41 Å². The fourth-order valence-electron chi connectivity index (χ4n) is 3.86. The predicted molar refractivity (Wildman–Crippen MR) is 86.4 cm³/mol. The van der Waals surface area contributed by atoms with E-state index in [9.17, 15) is 0 Å². The van der Waals surface area contributed by atoms with E-state index in [0.29, 0.717) is 6.04 Å². The molecule has 2 nitrogen and oxygen atoms in total. The maximum atomic E-state index is 5.94. The molecule has 1 fully saturated rings. The molecule has 1 aliphatic carbocycles. The molecule has 0 aliphatic heterocycles. The van der Waals surface area contributed by atoms with Gasteiger partial charge in [-0.2, -0.15) is 0 Å². The molecule has 0 radical (unpaired) electrons. The molecule has 1 saturated carbocycles. The summed E-state index contributed by atoms with van der Waals surface area (Å²) in [6, 6.07) is 11.4. The van der Waals surface area contributed by atoms with Crippen molar-refractivity contribution < 1.29 is 0 Å². The Kier molecular flexibility index (Phi) is 5.62. The van der Waals surface area contributed by atoms with E-state index in [4.69, 9.17) is 5.84 Å². The van der Waals surface area contributed by atoms with Gasteiger partial charge in [-0.25, -0.2) is 0 Å². The van der Waals surface area contributed by atoms with Crippen molar-refractivity contribution in [3.8, 4) is 0 Å². The van der Waals surface area contributed by atoms with E-state index in [1.54, 1.807) is 0 Å². The molecular weight excluding hydrogens is 244 g/mol. The van der Waals surface area contributed by atoms with Crippen LogP contribution in [0, 0.1) is 5.92 Å². The van der Waals surface area contributed by atoms with Crippen LogP contribution in [-0.4, -0.2) is 6.04 Å². The van der Waals surface area contributed by atoms with Crippen LogP contribution in [0.1, 0.15) is 64.4 Å². The van der Waals surface area contributed by atoms with Gasteiger partial charge in [-0.3, -0.25) is 11.3 Å². The van der Waals surface area contributed by atoms with Crippen molar-refractivity contribution in [3.05, 3.63) is 35.9 Å². The molecule has 1 aromatic rings. The Hall–Kier alpha value is -0.860. The third-order valence-corrected chi connectivity index (χ3v) is 4.99. The second-order valence-electron chi connectivity index (χ2n) is 6.77. The monoisotopic (exact) mass is 274 g/mol. The Bertz CT molecular complexity index is 380. The molecule has 3 N–H and O–H groups in total. The van der Waals surface area contributed by atoms with E-state index >= 15 is 0 Å². The maximum absolute atomic E-state index is 5.94. The predicted octanol–water partition coefficient (Wildman–Crippen LogP) is 4.16. The summed E-state index contributed by atoms with van der Waals surface area (Å²) < 4.78 is 0. The Labute approximate surface area is 124 Å². The lowest BCUT2D eigenvalue weighted by Crippen LogP contribution is -2.50. The van der Waals surface area contributed by atoms with Crippen molar-refractivity contribution in [1.29, 1.82) is 0 Å². The molecule has 0 spiro atoms. The number of hydrazine groups is 1. The smallest absolute Gasteiger partial charge is 0.0307 e. The number of benzene rings is 1. The fourth-order valence-corrected chi connectivity index (χ4v) is 3.86. The van der Waals surface area contributed by atoms with Gasteiger partial charge in [0.2, 0.25) is 0 Å². The molecule has 0 heterocycles. The summed E-state index contributed by atoms with van der Waals surface area (Å²) in [6.45, 7) is 4.60. The SMILES string of the molecule is CC(C)CCCC(NN)C1(c2ccccc2)CCCC1. The average molecular weight is 274 g/mol. The van der Waals surface area contributed by atoms with Gasteiger partial charge >= 0.3 is 0 Å². The Balaban J connectivity index is 2.13. The Morgan fingerprint density at radius 1 is 1.10 bits per heavy atom. The Morgan fingerprint density at radius 2 is 1.75 bits per heavy atom. The van der Waals surface area contributed by atoms with Gasteiger partial charge in [-0.15, -0.1) is 0 Å². The third kappa shape index (κ3) is 3.42. The molecule has 0 aromatic heterocycles. The average Bonchev–Trinajstić information content (AvgIpc) is 2.95. The zero-order valence-corrected chi connectivity index (χ0v) is 13.1. The Morgan fingerprint density at radius 3 is 2.30 bits per heavy atom. The number of hydrogen-bond donors (Lipinski definition) is 2. The number of rotatable bonds is 7. The van der Waals surface area contributed by atoms with Crippen LogP contribution in [0.3, 0.4) is 0 Å². The minimum atomic E-state index is 0.257. The van der Waals surface area contributed by atoms with Gasteiger partial charge in [-0.05, 0) is 30.7 Å². The molecule has 20 heavy (non-hydrogen) atoms. The van der Waals surface area contributed by atoms with Crippen LogP contribution in [0.25, 0.3) is 0 Å². The molecule has 2 rings (SSSR count). The van der Waals surface area contributed by atoms with Gasteiger partial charge in [0.25, 0.3) is 0 Å². The van der Waals surface area contributed by atoms with Crippen molar-refractivity contribution in [2.24, 2.45) is 11.8 Å². The summed E-state index contributed by atoms with van der Waals surface area (Å²) in [4.78, 5) is 0. The summed E-state index contributed by atoms with van der Waals surface area (Å²) >= 11 is 0. The minimum absolute atomic E-state index is 0.257. The summed E-state index contributed by atoms with van der Waals surface area (Å²) in [5, 5.41) is 0. The standard InChI is InChI=1S/C18H30N2/c1-15(2)9-8-12-17(20-19)18(13-6-7-14-18)16-10-4-3-5-11-16/h3-5,10-11,15,17,20H,6-9,12-14,19H2,1-2H3. The second-order valence-corrected chi connectivity index (χ2v) is 6.77. The zero-order chi connectivity index (χ0) is 14.4. The van der Waals surface area contributed by atoms with E-state index in [2.05, 4.69) is 49.6 Å². The van der Waals surface area contributed by atoms with Crippen molar-refractivity contribution in [2.75, 3.05) is 0 Å². The molecule has 1 unspecified atom stereocenters. The highest BCUT2D eigenvalue weighted by Crippen LogP contribution is 2.44. The summed E-state index contributed by atoms with van der Waals surface area (Å²) in [5.74, 6) is 6.72.